The molecule has 1 rings (SSSR count). The number of likely N-dealkylation sites (tertiary alicyclic amines) is 1. The van der Waals surface area contributed by atoms with Crippen molar-refractivity contribution in [3.8, 4) is 0 Å². The van der Waals surface area contributed by atoms with E-state index >= 15 is 0 Å². The molecule has 1 saturated heterocycles. The summed E-state index contributed by atoms with van der Waals surface area (Å²) in [6.07, 6.45) is -0.249. The summed E-state index contributed by atoms with van der Waals surface area (Å²) in [6, 6.07) is 0. The Morgan fingerprint density at radius 2 is 2.36 bits per heavy atom. The molecule has 0 aromatic carbocycles. The van der Waals surface area contributed by atoms with E-state index in [1.54, 1.807) is 0 Å². The molecule has 5 heteroatoms. The van der Waals surface area contributed by atoms with Crippen LogP contribution in [0.25, 0.3) is 0 Å². The first-order chi connectivity index (χ1) is 5.07. The molecule has 1 atom stereocenters. The van der Waals surface area contributed by atoms with Crippen LogP contribution >= 0.6 is 0 Å². The summed E-state index contributed by atoms with van der Waals surface area (Å²) in [6.45, 7) is 1.21. The zero-order valence-electron chi connectivity index (χ0n) is 6.29. The maximum Gasteiger partial charge on any atom is 0.407 e. The Morgan fingerprint density at radius 1 is 1.73 bits per heavy atom. The molecular formula is C6H13N3O2. The van der Waals surface area contributed by atoms with E-state index in [1.165, 1.54) is 4.90 Å². The number of nitrogens with zero attached hydrogens (tertiary/aromatic N) is 1. The molecule has 1 aliphatic rings. The molecule has 1 fully saturated rings. The van der Waals surface area contributed by atoms with Crippen molar-refractivity contribution in [2.24, 2.45) is 11.5 Å². The van der Waals surface area contributed by atoms with E-state index in [2.05, 4.69) is 0 Å². The first-order valence-electron chi connectivity index (χ1n) is 3.54. The Labute approximate surface area is 65.0 Å². The third kappa shape index (κ3) is 1.61. The van der Waals surface area contributed by atoms with E-state index in [-0.39, 0.29) is 0 Å². The van der Waals surface area contributed by atoms with E-state index in [9.17, 15) is 4.79 Å². The summed E-state index contributed by atoms with van der Waals surface area (Å²) < 4.78 is 0. The molecule has 0 radical (unpaired) electrons. The summed E-state index contributed by atoms with van der Waals surface area (Å²) in [5, 5.41) is 8.57. The highest BCUT2D eigenvalue weighted by atomic mass is 16.4. The van der Waals surface area contributed by atoms with Gasteiger partial charge in [-0.1, -0.05) is 0 Å². The molecule has 0 aliphatic carbocycles. The highest BCUT2D eigenvalue weighted by Gasteiger charge is 2.35. The molecule has 64 valence electrons. The van der Waals surface area contributed by atoms with Crippen LogP contribution in [-0.2, 0) is 0 Å². The van der Waals surface area contributed by atoms with Crippen LogP contribution in [0.1, 0.15) is 6.42 Å². The molecule has 1 amide bonds. The van der Waals surface area contributed by atoms with E-state index in [0.29, 0.717) is 26.1 Å². The van der Waals surface area contributed by atoms with Gasteiger partial charge in [0.05, 0.1) is 0 Å². The Morgan fingerprint density at radius 3 is 2.64 bits per heavy atom. The topological polar surface area (TPSA) is 92.6 Å². The Hall–Kier alpha value is -0.810. The van der Waals surface area contributed by atoms with Crippen LogP contribution in [0, 0.1) is 0 Å². The second-order valence-electron chi connectivity index (χ2n) is 3.02. The molecule has 0 saturated carbocycles. The normalized spacial score (nSPS) is 30.9. The largest absolute Gasteiger partial charge is 0.465 e. The van der Waals surface area contributed by atoms with Crippen molar-refractivity contribution in [3.05, 3.63) is 0 Å². The summed E-state index contributed by atoms with van der Waals surface area (Å²) in [7, 11) is 0. The van der Waals surface area contributed by atoms with Gasteiger partial charge in [-0.25, -0.2) is 4.79 Å². The van der Waals surface area contributed by atoms with Crippen molar-refractivity contribution in [3.63, 3.8) is 0 Å². The van der Waals surface area contributed by atoms with E-state index in [1.807, 2.05) is 0 Å². The van der Waals surface area contributed by atoms with Crippen LogP contribution in [0.2, 0.25) is 0 Å². The third-order valence-corrected chi connectivity index (χ3v) is 2.06. The fourth-order valence-electron chi connectivity index (χ4n) is 1.23. The smallest absolute Gasteiger partial charge is 0.407 e. The standard InChI is InChI=1S/C6H13N3O2/c7-3-6(8)1-2-9(4-6)5(10)11/h1-4,7-8H2,(H,10,11). The Balaban J connectivity index is 2.53. The molecule has 5 N–H and O–H groups in total. The van der Waals surface area contributed by atoms with Gasteiger partial charge < -0.3 is 21.5 Å². The zero-order chi connectivity index (χ0) is 8.48. The SMILES string of the molecule is NCC1(N)CCN(C(=O)O)C1. The second-order valence-corrected chi connectivity index (χ2v) is 3.02. The van der Waals surface area contributed by atoms with Crippen LogP contribution < -0.4 is 11.5 Å². The van der Waals surface area contributed by atoms with Gasteiger partial charge in [0.1, 0.15) is 0 Å². The van der Waals surface area contributed by atoms with Crippen molar-refractivity contribution in [1.82, 2.24) is 4.90 Å². The number of nitrogens with two attached hydrogens (primary N) is 2. The Bertz CT molecular complexity index is 173. The van der Waals surface area contributed by atoms with Crippen molar-refractivity contribution >= 4 is 6.09 Å². The lowest BCUT2D eigenvalue weighted by molar-refractivity contribution is 0.153. The van der Waals surface area contributed by atoms with E-state index in [4.69, 9.17) is 16.6 Å². The number of amides is 1. The minimum Gasteiger partial charge on any atom is -0.465 e. The van der Waals surface area contributed by atoms with Gasteiger partial charge in [0.15, 0.2) is 0 Å². The van der Waals surface area contributed by atoms with Crippen molar-refractivity contribution in [2.45, 2.75) is 12.0 Å². The molecule has 5 nitrogen and oxygen atoms in total. The minimum atomic E-state index is -0.911. The monoisotopic (exact) mass is 159 g/mol. The average Bonchev–Trinajstić information content (AvgIpc) is 2.33. The van der Waals surface area contributed by atoms with Crippen LogP contribution in [0.3, 0.4) is 0 Å². The molecule has 1 heterocycles. The lowest BCUT2D eigenvalue weighted by atomic mass is 10.0. The summed E-state index contributed by atoms with van der Waals surface area (Å²) in [4.78, 5) is 11.7. The summed E-state index contributed by atoms with van der Waals surface area (Å²) in [5.41, 5.74) is 10.7. The highest BCUT2D eigenvalue weighted by molar-refractivity contribution is 5.65. The van der Waals surface area contributed by atoms with Gasteiger partial charge in [-0.3, -0.25) is 0 Å². The molecule has 0 aromatic heterocycles. The van der Waals surface area contributed by atoms with Crippen molar-refractivity contribution in [1.29, 1.82) is 0 Å². The average molecular weight is 159 g/mol. The number of hydrogen-bond donors (Lipinski definition) is 3. The summed E-state index contributed by atoms with van der Waals surface area (Å²) >= 11 is 0. The van der Waals surface area contributed by atoms with Crippen LogP contribution in [-0.4, -0.2) is 41.3 Å². The van der Waals surface area contributed by atoms with Crippen LogP contribution in [0.5, 0.6) is 0 Å². The molecule has 1 aliphatic heterocycles. The van der Waals surface area contributed by atoms with Gasteiger partial charge in [-0.15, -0.1) is 0 Å². The number of rotatable bonds is 1. The van der Waals surface area contributed by atoms with Gasteiger partial charge in [0, 0.05) is 25.2 Å². The Kier molecular flexibility index (Phi) is 2.01. The molecule has 0 bridgehead atoms. The predicted octanol–water partition coefficient (Wildman–Crippen LogP) is -0.974. The lowest BCUT2D eigenvalue weighted by Crippen LogP contribution is -2.49. The molecule has 0 spiro atoms. The number of carbonyl (C=O) groups is 1. The fraction of sp³-hybridized carbons (Fsp3) is 0.833. The summed E-state index contributed by atoms with van der Waals surface area (Å²) in [5.74, 6) is 0. The van der Waals surface area contributed by atoms with Gasteiger partial charge in [0.2, 0.25) is 0 Å². The number of carboxylic acid groups (broad SMARTS) is 1. The predicted molar refractivity (Wildman–Crippen MR) is 40.2 cm³/mol. The molecular weight excluding hydrogens is 146 g/mol. The molecule has 0 aromatic rings. The van der Waals surface area contributed by atoms with Gasteiger partial charge in [-0.05, 0) is 6.42 Å². The van der Waals surface area contributed by atoms with Gasteiger partial charge >= 0.3 is 6.09 Å². The maximum absolute atomic E-state index is 10.4. The third-order valence-electron chi connectivity index (χ3n) is 2.06. The quantitative estimate of drug-likeness (QED) is 0.458. The van der Waals surface area contributed by atoms with Gasteiger partial charge in [-0.2, -0.15) is 0 Å². The fourth-order valence-corrected chi connectivity index (χ4v) is 1.23. The molecule has 1 unspecified atom stereocenters. The van der Waals surface area contributed by atoms with E-state index < -0.39 is 11.6 Å². The zero-order valence-corrected chi connectivity index (χ0v) is 6.29. The lowest BCUT2D eigenvalue weighted by Gasteiger charge is -2.20. The maximum atomic E-state index is 10.4. The second kappa shape index (κ2) is 2.67. The minimum absolute atomic E-state index is 0.344. The first kappa shape index (κ1) is 8.29. The first-order valence-corrected chi connectivity index (χ1v) is 3.54. The highest BCUT2D eigenvalue weighted by Crippen LogP contribution is 2.16. The molecule has 11 heavy (non-hydrogen) atoms. The van der Waals surface area contributed by atoms with Crippen molar-refractivity contribution in [2.75, 3.05) is 19.6 Å². The van der Waals surface area contributed by atoms with Crippen molar-refractivity contribution < 1.29 is 9.90 Å². The van der Waals surface area contributed by atoms with Crippen LogP contribution in [0.4, 0.5) is 4.79 Å². The van der Waals surface area contributed by atoms with Crippen LogP contribution in [0.15, 0.2) is 0 Å². The van der Waals surface area contributed by atoms with E-state index in [0.717, 1.165) is 0 Å². The van der Waals surface area contributed by atoms with Gasteiger partial charge in [0.25, 0.3) is 0 Å². The number of hydrogen-bond acceptors (Lipinski definition) is 3.